The summed E-state index contributed by atoms with van der Waals surface area (Å²) in [5.41, 5.74) is 0. The van der Waals surface area contributed by atoms with Gasteiger partial charge in [-0.3, -0.25) is 4.79 Å². The monoisotopic (exact) mass is 330 g/mol. The van der Waals surface area contributed by atoms with E-state index >= 15 is 0 Å². The SMILES string of the molecule is CC(CC(=O)CC(C)C1CC2CCC1CC2)C1CC2CCC1CC2. The Labute approximate surface area is 149 Å². The highest BCUT2D eigenvalue weighted by Gasteiger charge is 2.40. The second-order valence-electron chi connectivity index (χ2n) is 10.3. The second-order valence-corrected chi connectivity index (χ2v) is 10.3. The number of carbonyl (C=O) groups excluding carboxylic acids is 1. The van der Waals surface area contributed by atoms with Gasteiger partial charge in [0.1, 0.15) is 5.78 Å². The fourth-order valence-electron chi connectivity index (χ4n) is 7.36. The molecule has 4 atom stereocenters. The van der Waals surface area contributed by atoms with Gasteiger partial charge in [0.2, 0.25) is 0 Å². The summed E-state index contributed by atoms with van der Waals surface area (Å²) in [5, 5.41) is 0. The lowest BCUT2D eigenvalue weighted by Crippen LogP contribution is -2.37. The Balaban J connectivity index is 1.27. The lowest BCUT2D eigenvalue weighted by molar-refractivity contribution is -0.122. The summed E-state index contributed by atoms with van der Waals surface area (Å²) in [6.07, 6.45) is 16.3. The summed E-state index contributed by atoms with van der Waals surface area (Å²) in [5.74, 6) is 7.47. The van der Waals surface area contributed by atoms with Crippen molar-refractivity contribution in [1.82, 2.24) is 0 Å². The molecule has 0 amide bonds. The summed E-state index contributed by atoms with van der Waals surface area (Å²) in [7, 11) is 0. The first-order chi connectivity index (χ1) is 11.6. The van der Waals surface area contributed by atoms with Gasteiger partial charge in [0, 0.05) is 12.8 Å². The first kappa shape index (κ1) is 17.1. The summed E-state index contributed by atoms with van der Waals surface area (Å²) in [6.45, 7) is 4.77. The van der Waals surface area contributed by atoms with Crippen LogP contribution in [-0.2, 0) is 4.79 Å². The lowest BCUT2D eigenvalue weighted by atomic mass is 9.60. The molecule has 0 aliphatic heterocycles. The van der Waals surface area contributed by atoms with Crippen LogP contribution in [0.1, 0.15) is 90.9 Å². The van der Waals surface area contributed by atoms with Crippen LogP contribution < -0.4 is 0 Å². The minimum Gasteiger partial charge on any atom is -0.300 e. The van der Waals surface area contributed by atoms with E-state index in [1.54, 1.807) is 0 Å². The van der Waals surface area contributed by atoms with E-state index in [1.165, 1.54) is 64.2 Å². The second kappa shape index (κ2) is 7.12. The molecule has 6 saturated carbocycles. The number of carbonyl (C=O) groups is 1. The lowest BCUT2D eigenvalue weighted by Gasteiger charge is -2.46. The molecule has 6 rings (SSSR count). The van der Waals surface area contributed by atoms with Gasteiger partial charge in [-0.2, -0.15) is 0 Å². The van der Waals surface area contributed by atoms with Crippen molar-refractivity contribution in [1.29, 1.82) is 0 Å². The van der Waals surface area contributed by atoms with Crippen LogP contribution >= 0.6 is 0 Å². The number of rotatable bonds is 6. The maximum atomic E-state index is 12.8. The third-order valence-corrected chi connectivity index (χ3v) is 8.77. The van der Waals surface area contributed by atoms with Crippen molar-refractivity contribution in [2.45, 2.75) is 90.9 Å². The van der Waals surface area contributed by atoms with Crippen molar-refractivity contribution >= 4 is 5.78 Å². The number of Topliss-reactive ketones (excluding diaryl/α,β-unsaturated/α-hetero) is 1. The van der Waals surface area contributed by atoms with Gasteiger partial charge in [0.05, 0.1) is 0 Å². The predicted molar refractivity (Wildman–Crippen MR) is 99.7 cm³/mol. The van der Waals surface area contributed by atoms with Crippen LogP contribution in [-0.4, -0.2) is 5.78 Å². The number of ketones is 1. The Kier molecular flexibility index (Phi) is 5.07. The Hall–Kier alpha value is -0.330. The molecule has 4 bridgehead atoms. The van der Waals surface area contributed by atoms with Crippen LogP contribution in [0.3, 0.4) is 0 Å². The molecule has 0 aromatic heterocycles. The van der Waals surface area contributed by atoms with Gasteiger partial charge in [-0.25, -0.2) is 0 Å². The van der Waals surface area contributed by atoms with Crippen molar-refractivity contribution in [3.63, 3.8) is 0 Å². The molecule has 1 heteroatoms. The third kappa shape index (κ3) is 3.47. The molecule has 0 heterocycles. The zero-order valence-corrected chi connectivity index (χ0v) is 16.0. The van der Waals surface area contributed by atoms with Crippen LogP contribution in [0.5, 0.6) is 0 Å². The average Bonchev–Trinajstić information content (AvgIpc) is 2.63. The van der Waals surface area contributed by atoms with E-state index in [-0.39, 0.29) is 0 Å². The van der Waals surface area contributed by atoms with Gasteiger partial charge in [0.25, 0.3) is 0 Å². The van der Waals surface area contributed by atoms with E-state index in [2.05, 4.69) is 13.8 Å². The van der Waals surface area contributed by atoms with Crippen molar-refractivity contribution in [3.05, 3.63) is 0 Å². The van der Waals surface area contributed by atoms with Crippen molar-refractivity contribution < 1.29 is 4.79 Å². The molecule has 0 saturated heterocycles. The first-order valence-corrected chi connectivity index (χ1v) is 11.1. The Morgan fingerprint density at radius 3 is 1.38 bits per heavy atom. The molecule has 0 aromatic carbocycles. The number of hydrogen-bond donors (Lipinski definition) is 0. The van der Waals surface area contributed by atoms with Gasteiger partial charge in [-0.15, -0.1) is 0 Å². The number of hydrogen-bond acceptors (Lipinski definition) is 1. The highest BCUT2D eigenvalue weighted by molar-refractivity contribution is 5.78. The summed E-state index contributed by atoms with van der Waals surface area (Å²) >= 11 is 0. The van der Waals surface area contributed by atoms with E-state index in [9.17, 15) is 4.79 Å². The molecule has 1 nitrogen and oxygen atoms in total. The quantitative estimate of drug-likeness (QED) is 0.561. The minimum absolute atomic E-state index is 0.581. The Bertz CT molecular complexity index is 399. The molecule has 0 spiro atoms. The largest absolute Gasteiger partial charge is 0.300 e. The summed E-state index contributed by atoms with van der Waals surface area (Å²) in [6, 6.07) is 0. The molecule has 6 fully saturated rings. The molecule has 24 heavy (non-hydrogen) atoms. The third-order valence-electron chi connectivity index (χ3n) is 8.77. The first-order valence-electron chi connectivity index (χ1n) is 11.1. The minimum atomic E-state index is 0.581. The van der Waals surface area contributed by atoms with Crippen molar-refractivity contribution in [3.8, 4) is 0 Å². The van der Waals surface area contributed by atoms with Gasteiger partial charge < -0.3 is 0 Å². The zero-order valence-electron chi connectivity index (χ0n) is 16.0. The van der Waals surface area contributed by atoms with Crippen LogP contribution in [0.2, 0.25) is 0 Å². The van der Waals surface area contributed by atoms with E-state index in [0.29, 0.717) is 17.6 Å². The molecule has 0 radical (unpaired) electrons. The molecule has 0 aromatic rings. The average molecular weight is 331 g/mol. The maximum Gasteiger partial charge on any atom is 0.133 e. The van der Waals surface area contributed by atoms with Gasteiger partial charge >= 0.3 is 0 Å². The summed E-state index contributed by atoms with van der Waals surface area (Å²) < 4.78 is 0. The highest BCUT2D eigenvalue weighted by Crippen LogP contribution is 2.50. The highest BCUT2D eigenvalue weighted by atomic mass is 16.1. The standard InChI is InChI=1S/C23H38O/c1-15(22-13-17-3-7-19(22)8-4-17)11-21(24)12-16(2)23-14-18-5-9-20(23)10-6-18/h15-20,22-23H,3-14H2,1-2H3. The maximum absolute atomic E-state index is 12.8. The predicted octanol–water partition coefficient (Wildman–Crippen LogP) is 6.26. The molecule has 0 N–H and O–H groups in total. The topological polar surface area (TPSA) is 17.1 Å². The summed E-state index contributed by atoms with van der Waals surface area (Å²) in [4.78, 5) is 12.8. The normalized spacial score (nSPS) is 43.6. The van der Waals surface area contributed by atoms with E-state index in [1.807, 2.05) is 0 Å². The van der Waals surface area contributed by atoms with E-state index in [4.69, 9.17) is 0 Å². The Morgan fingerprint density at radius 1 is 0.708 bits per heavy atom. The van der Waals surface area contributed by atoms with Gasteiger partial charge in [-0.1, -0.05) is 39.5 Å². The van der Waals surface area contributed by atoms with Crippen LogP contribution in [0.4, 0.5) is 0 Å². The molecular formula is C23H38O. The fourth-order valence-corrected chi connectivity index (χ4v) is 7.36. The molecule has 136 valence electrons. The number of fused-ring (bicyclic) bond motifs is 6. The molecule has 6 aliphatic carbocycles. The van der Waals surface area contributed by atoms with Crippen LogP contribution in [0.25, 0.3) is 0 Å². The van der Waals surface area contributed by atoms with E-state index in [0.717, 1.165) is 48.3 Å². The fraction of sp³-hybridized carbons (Fsp3) is 0.957. The van der Waals surface area contributed by atoms with Gasteiger partial charge in [0.15, 0.2) is 0 Å². The van der Waals surface area contributed by atoms with Crippen LogP contribution in [0, 0.1) is 47.3 Å². The Morgan fingerprint density at radius 2 is 1.08 bits per heavy atom. The smallest absolute Gasteiger partial charge is 0.133 e. The molecular weight excluding hydrogens is 292 g/mol. The van der Waals surface area contributed by atoms with Crippen molar-refractivity contribution in [2.75, 3.05) is 0 Å². The molecule has 4 unspecified atom stereocenters. The zero-order chi connectivity index (χ0) is 16.7. The van der Waals surface area contributed by atoms with Crippen molar-refractivity contribution in [2.24, 2.45) is 47.3 Å². The molecule has 6 aliphatic rings. The van der Waals surface area contributed by atoms with E-state index < -0.39 is 0 Å². The van der Waals surface area contributed by atoms with Crippen LogP contribution in [0.15, 0.2) is 0 Å². The van der Waals surface area contributed by atoms with Gasteiger partial charge in [-0.05, 0) is 85.9 Å².